The molecule has 0 aliphatic heterocycles. The number of rotatable bonds is 0. The minimum atomic E-state index is 0. The summed E-state index contributed by atoms with van der Waals surface area (Å²) in [5.41, 5.74) is 0. The zero-order valence-electron chi connectivity index (χ0n) is 4.57. The van der Waals surface area contributed by atoms with Crippen LogP contribution >= 0.6 is 0 Å². The molecule has 1 aliphatic rings. The molecule has 1 aliphatic carbocycles. The molecule has 1 rings (SSSR count). The van der Waals surface area contributed by atoms with Crippen LogP contribution in [0.5, 0.6) is 0 Å². The van der Waals surface area contributed by atoms with Crippen LogP contribution < -0.4 is 14.1 Å². The molecule has 0 aromatic carbocycles. The molecule has 0 aromatic heterocycles. The Morgan fingerprint density at radius 3 is 1.89 bits per heavy atom. The Labute approximate surface area is 67.0 Å². The predicted molar refractivity (Wildman–Crippen MR) is 21.8 cm³/mol. The molecular weight excluding hydrogens is 208 g/mol. The van der Waals surface area contributed by atoms with Gasteiger partial charge in [0.1, 0.15) is 0 Å². The second kappa shape index (κ2) is 8.15. The second-order valence-corrected chi connectivity index (χ2v) is 2.90. The van der Waals surface area contributed by atoms with E-state index in [1.807, 2.05) is 0 Å². The molecule has 0 nitrogen and oxygen atoms in total. The Morgan fingerprint density at radius 1 is 1.22 bits per heavy atom. The van der Waals surface area contributed by atoms with Crippen molar-refractivity contribution in [2.75, 3.05) is 0 Å². The van der Waals surface area contributed by atoms with Crippen molar-refractivity contribution in [3.63, 3.8) is 0 Å². The van der Waals surface area contributed by atoms with Crippen LogP contribution in [0.25, 0.3) is 0 Å². The van der Waals surface area contributed by atoms with Crippen LogP contribution in [0, 0.1) is 0 Å². The molecule has 0 amide bonds. The topological polar surface area (TPSA) is 0 Å². The van der Waals surface area contributed by atoms with E-state index < -0.39 is 0 Å². The van der Waals surface area contributed by atoms with Crippen LogP contribution in [0.4, 0.5) is 0 Å². The van der Waals surface area contributed by atoms with Gasteiger partial charge in [-0.3, -0.25) is 0 Å². The summed E-state index contributed by atoms with van der Waals surface area (Å²) in [7, 11) is 0. The van der Waals surface area contributed by atoms with Crippen LogP contribution in [0.15, 0.2) is 21.5 Å². The SMILES string of the molecule is [F-].[F-].[F-].[Zr+3][C]1=CC=CC1. The van der Waals surface area contributed by atoms with Crippen molar-refractivity contribution in [3.8, 4) is 0 Å². The molecule has 4 heteroatoms. The summed E-state index contributed by atoms with van der Waals surface area (Å²) in [6, 6.07) is 0. The van der Waals surface area contributed by atoms with E-state index in [2.05, 4.69) is 18.2 Å². The van der Waals surface area contributed by atoms with Gasteiger partial charge in [-0.25, -0.2) is 0 Å². The van der Waals surface area contributed by atoms with E-state index in [1.54, 1.807) is 28.0 Å². The molecule has 0 fully saturated rings. The summed E-state index contributed by atoms with van der Waals surface area (Å²) >= 11 is 1.56. The Bertz CT molecular complexity index is 109. The van der Waals surface area contributed by atoms with E-state index in [9.17, 15) is 0 Å². The first-order valence-corrected chi connectivity index (χ1v) is 3.20. The maximum absolute atomic E-state index is 2.18. The summed E-state index contributed by atoms with van der Waals surface area (Å²) in [4.78, 5) is 0. The van der Waals surface area contributed by atoms with E-state index >= 15 is 0 Å². The number of allylic oxidation sites excluding steroid dienone is 4. The van der Waals surface area contributed by atoms with Gasteiger partial charge in [-0.15, -0.1) is 0 Å². The fourth-order valence-electron chi connectivity index (χ4n) is 0.447. The van der Waals surface area contributed by atoms with Gasteiger partial charge in [0.25, 0.3) is 0 Å². The Hall–Kier alpha value is 0.153. The normalized spacial score (nSPS) is 12.4. The van der Waals surface area contributed by atoms with Gasteiger partial charge >= 0.3 is 52.6 Å². The minimum absolute atomic E-state index is 0. The van der Waals surface area contributed by atoms with Crippen molar-refractivity contribution in [1.29, 1.82) is 0 Å². The van der Waals surface area contributed by atoms with Crippen molar-refractivity contribution >= 4 is 0 Å². The van der Waals surface area contributed by atoms with Crippen molar-refractivity contribution in [1.82, 2.24) is 0 Å². The second-order valence-electron chi connectivity index (χ2n) is 1.32. The average molecular weight is 213 g/mol. The van der Waals surface area contributed by atoms with E-state index in [0.29, 0.717) is 0 Å². The first-order chi connectivity index (χ1) is 2.89. The van der Waals surface area contributed by atoms with Crippen molar-refractivity contribution in [2.45, 2.75) is 6.42 Å². The summed E-state index contributed by atoms with van der Waals surface area (Å²) < 4.78 is 1.56. The van der Waals surface area contributed by atoms with E-state index in [-0.39, 0.29) is 14.1 Å². The third-order valence-electron chi connectivity index (χ3n) is 0.771. The molecule has 50 valence electrons. The molecule has 9 heavy (non-hydrogen) atoms. The molecule has 0 saturated carbocycles. The molecule has 0 saturated heterocycles. The quantitative estimate of drug-likeness (QED) is 0.375. The van der Waals surface area contributed by atoms with Gasteiger partial charge in [0.15, 0.2) is 0 Å². The molecule has 0 N–H and O–H groups in total. The Kier molecular flexibility index (Phi) is 14.6. The number of hydrogen-bond donors (Lipinski definition) is 0. The summed E-state index contributed by atoms with van der Waals surface area (Å²) in [5, 5.41) is 0. The monoisotopic (exact) mass is 212 g/mol. The third kappa shape index (κ3) is 6.03. The van der Waals surface area contributed by atoms with Gasteiger partial charge in [-0.1, -0.05) is 0 Å². The summed E-state index contributed by atoms with van der Waals surface area (Å²) in [6.07, 6.45) is 7.69. The molecule has 0 atom stereocenters. The molecule has 0 bridgehead atoms. The predicted octanol–water partition coefficient (Wildman–Crippen LogP) is -7.61. The van der Waals surface area contributed by atoms with Gasteiger partial charge in [-0.2, -0.15) is 0 Å². The number of halogens is 3. The summed E-state index contributed by atoms with van der Waals surface area (Å²) in [6.45, 7) is 0. The Balaban J connectivity index is -0.000000120. The third-order valence-corrected chi connectivity index (χ3v) is 1.68. The zero-order valence-corrected chi connectivity index (χ0v) is 7.03. The van der Waals surface area contributed by atoms with Gasteiger partial charge in [0.2, 0.25) is 0 Å². The van der Waals surface area contributed by atoms with Crippen LogP contribution in [-0.4, -0.2) is 0 Å². The van der Waals surface area contributed by atoms with Crippen molar-refractivity contribution in [3.05, 3.63) is 21.5 Å². The fourth-order valence-corrected chi connectivity index (χ4v) is 0.973. The summed E-state index contributed by atoms with van der Waals surface area (Å²) in [5.74, 6) is 0. The molecule has 0 spiro atoms. The maximum atomic E-state index is 2.18. The van der Waals surface area contributed by atoms with Gasteiger partial charge < -0.3 is 14.1 Å². The molecule has 0 unspecified atom stereocenters. The molecule has 0 heterocycles. The number of hydrogen-bond acceptors (Lipinski definition) is 0. The molecule has 0 aromatic rings. The van der Waals surface area contributed by atoms with Crippen molar-refractivity contribution in [2.24, 2.45) is 0 Å². The first kappa shape index (κ1) is 16.1. The fraction of sp³-hybridized carbons (Fsp3) is 0.200. The van der Waals surface area contributed by atoms with Crippen LogP contribution in [0.1, 0.15) is 6.42 Å². The van der Waals surface area contributed by atoms with Crippen LogP contribution in [-0.2, 0) is 24.7 Å². The van der Waals surface area contributed by atoms with Gasteiger partial charge in [-0.05, 0) is 0 Å². The van der Waals surface area contributed by atoms with E-state index in [0.717, 1.165) is 0 Å². The van der Waals surface area contributed by atoms with E-state index in [4.69, 9.17) is 0 Å². The standard InChI is InChI=1S/C5H5.3FH.Zr/c1-2-4-5-3-1;;;;/h1-3H,4H2;3*1H;/q;;;;+3/p-3. The Morgan fingerprint density at radius 2 is 1.78 bits per heavy atom. The average Bonchev–Trinajstić information content (AvgIpc) is 1.86. The van der Waals surface area contributed by atoms with Crippen LogP contribution in [0.3, 0.4) is 0 Å². The first-order valence-electron chi connectivity index (χ1n) is 1.97. The van der Waals surface area contributed by atoms with Gasteiger partial charge in [0, 0.05) is 0 Å². The van der Waals surface area contributed by atoms with Crippen molar-refractivity contribution < 1.29 is 38.8 Å². The van der Waals surface area contributed by atoms with Gasteiger partial charge in [0.05, 0.1) is 0 Å². The van der Waals surface area contributed by atoms with E-state index in [1.165, 1.54) is 6.42 Å². The molecular formula is C5H5F3Zr. The van der Waals surface area contributed by atoms with Crippen LogP contribution in [0.2, 0.25) is 0 Å². The molecule has 0 radical (unpaired) electrons. The zero-order chi connectivity index (χ0) is 4.41.